The van der Waals surface area contributed by atoms with E-state index in [2.05, 4.69) is 19.2 Å². The molecule has 0 heterocycles. The molecule has 0 aromatic heterocycles. The summed E-state index contributed by atoms with van der Waals surface area (Å²) in [6.45, 7) is 5.73. The van der Waals surface area contributed by atoms with Crippen LogP contribution in [0.1, 0.15) is 13.8 Å². The Labute approximate surface area is 107 Å². The molecule has 0 aliphatic heterocycles. The lowest BCUT2D eigenvalue weighted by Gasteiger charge is -2.24. The maximum atomic E-state index is 6.00. The first-order valence-electron chi connectivity index (χ1n) is 5.17. The lowest BCUT2D eigenvalue weighted by Crippen LogP contribution is -2.32. The van der Waals surface area contributed by atoms with Gasteiger partial charge in [0.2, 0.25) is 0 Å². The van der Waals surface area contributed by atoms with Crippen molar-refractivity contribution >= 4 is 23.2 Å². The van der Waals surface area contributed by atoms with Crippen LogP contribution in [0, 0.1) is 5.41 Å². The summed E-state index contributed by atoms with van der Waals surface area (Å²) in [5, 5.41) is 4.35. The smallest absolute Gasteiger partial charge is 0.139 e. The first kappa shape index (κ1) is 13.6. The fraction of sp³-hybridized carbons (Fsp3) is 0.500. The van der Waals surface area contributed by atoms with Crippen molar-refractivity contribution in [3.05, 3.63) is 28.2 Å². The van der Waals surface area contributed by atoms with Crippen LogP contribution in [0.5, 0.6) is 5.75 Å². The van der Waals surface area contributed by atoms with Crippen molar-refractivity contribution in [1.82, 2.24) is 5.32 Å². The molecule has 0 fully saturated rings. The van der Waals surface area contributed by atoms with Gasteiger partial charge in [0.25, 0.3) is 0 Å². The highest BCUT2D eigenvalue weighted by Crippen LogP contribution is 2.29. The Balaban J connectivity index is 2.63. The third kappa shape index (κ3) is 4.20. The second kappa shape index (κ2) is 5.76. The maximum Gasteiger partial charge on any atom is 0.139 e. The summed E-state index contributed by atoms with van der Waals surface area (Å²) in [6.07, 6.45) is 0. The van der Waals surface area contributed by atoms with E-state index < -0.39 is 0 Å². The molecule has 1 aromatic rings. The third-order valence-electron chi connectivity index (χ3n) is 2.17. The van der Waals surface area contributed by atoms with Gasteiger partial charge in [-0.2, -0.15) is 0 Å². The van der Waals surface area contributed by atoms with Crippen LogP contribution in [0.2, 0.25) is 10.0 Å². The Morgan fingerprint density at radius 2 is 2.00 bits per heavy atom. The Morgan fingerprint density at radius 1 is 1.31 bits per heavy atom. The molecule has 0 aliphatic rings. The molecular formula is C12H17Cl2NO. The molecule has 0 bridgehead atoms. The predicted molar refractivity (Wildman–Crippen MR) is 69.7 cm³/mol. The summed E-state index contributed by atoms with van der Waals surface area (Å²) >= 11 is 11.9. The minimum absolute atomic E-state index is 0.0559. The topological polar surface area (TPSA) is 21.3 Å². The zero-order valence-corrected chi connectivity index (χ0v) is 11.3. The van der Waals surface area contributed by atoms with Crippen LogP contribution < -0.4 is 10.1 Å². The molecule has 0 saturated heterocycles. The maximum absolute atomic E-state index is 6.00. The van der Waals surface area contributed by atoms with E-state index in [1.165, 1.54) is 0 Å². The van der Waals surface area contributed by atoms with Crippen LogP contribution in [-0.2, 0) is 0 Å². The molecule has 0 unspecified atom stereocenters. The highest BCUT2D eigenvalue weighted by molar-refractivity contribution is 6.34. The van der Waals surface area contributed by atoms with Crippen molar-refractivity contribution in [1.29, 1.82) is 0 Å². The number of halogens is 2. The van der Waals surface area contributed by atoms with Gasteiger partial charge in [-0.05, 0) is 19.2 Å². The molecule has 0 spiro atoms. The zero-order chi connectivity index (χ0) is 12.2. The van der Waals surface area contributed by atoms with Gasteiger partial charge in [0, 0.05) is 23.0 Å². The number of ether oxygens (including phenoxy) is 1. The predicted octanol–water partition coefficient (Wildman–Crippen LogP) is 3.62. The van der Waals surface area contributed by atoms with Gasteiger partial charge in [-0.3, -0.25) is 0 Å². The van der Waals surface area contributed by atoms with E-state index in [9.17, 15) is 0 Å². The van der Waals surface area contributed by atoms with E-state index in [1.807, 2.05) is 7.05 Å². The highest BCUT2D eigenvalue weighted by atomic mass is 35.5. The van der Waals surface area contributed by atoms with Crippen LogP contribution in [-0.4, -0.2) is 20.2 Å². The molecule has 0 saturated carbocycles. The van der Waals surface area contributed by atoms with Crippen LogP contribution in [0.25, 0.3) is 0 Å². The van der Waals surface area contributed by atoms with Gasteiger partial charge >= 0.3 is 0 Å². The lowest BCUT2D eigenvalue weighted by molar-refractivity contribution is 0.179. The first-order valence-corrected chi connectivity index (χ1v) is 5.93. The van der Waals surface area contributed by atoms with Crippen LogP contribution in [0.3, 0.4) is 0 Å². The Hall–Kier alpha value is -0.440. The number of rotatable bonds is 5. The summed E-state index contributed by atoms with van der Waals surface area (Å²) in [5.41, 5.74) is 0.0559. The van der Waals surface area contributed by atoms with Crippen LogP contribution >= 0.6 is 23.2 Å². The number of nitrogens with one attached hydrogen (secondary N) is 1. The summed E-state index contributed by atoms with van der Waals surface area (Å²) < 4.78 is 5.68. The minimum atomic E-state index is 0.0559. The quantitative estimate of drug-likeness (QED) is 0.875. The molecule has 1 N–H and O–H groups in total. The second-order valence-electron chi connectivity index (χ2n) is 4.56. The molecule has 4 heteroatoms. The molecule has 0 aliphatic carbocycles. The van der Waals surface area contributed by atoms with E-state index in [-0.39, 0.29) is 5.41 Å². The number of hydrogen-bond acceptors (Lipinski definition) is 2. The zero-order valence-electron chi connectivity index (χ0n) is 9.81. The summed E-state index contributed by atoms with van der Waals surface area (Å²) in [4.78, 5) is 0. The fourth-order valence-corrected chi connectivity index (χ4v) is 1.72. The van der Waals surface area contributed by atoms with Gasteiger partial charge in [-0.25, -0.2) is 0 Å². The van der Waals surface area contributed by atoms with Gasteiger partial charge in [-0.1, -0.05) is 37.0 Å². The standard InChI is InChI=1S/C12H17Cl2NO/c1-12(2,7-15-3)8-16-11-6-9(13)4-5-10(11)14/h4-6,15H,7-8H2,1-3H3. The van der Waals surface area contributed by atoms with Gasteiger partial charge in [0.05, 0.1) is 11.6 Å². The van der Waals surface area contributed by atoms with Gasteiger partial charge in [-0.15, -0.1) is 0 Å². The van der Waals surface area contributed by atoms with Crippen LogP contribution in [0.15, 0.2) is 18.2 Å². The SMILES string of the molecule is CNCC(C)(C)COc1cc(Cl)ccc1Cl. The first-order chi connectivity index (χ1) is 7.44. The molecule has 0 radical (unpaired) electrons. The monoisotopic (exact) mass is 261 g/mol. The fourth-order valence-electron chi connectivity index (χ4n) is 1.39. The van der Waals surface area contributed by atoms with E-state index in [0.29, 0.717) is 22.4 Å². The van der Waals surface area contributed by atoms with Crippen molar-refractivity contribution in [3.63, 3.8) is 0 Å². The third-order valence-corrected chi connectivity index (χ3v) is 2.71. The molecule has 1 rings (SSSR count). The molecule has 2 nitrogen and oxygen atoms in total. The largest absolute Gasteiger partial charge is 0.491 e. The Bertz CT molecular complexity index is 353. The number of hydrogen-bond donors (Lipinski definition) is 1. The van der Waals surface area contributed by atoms with Gasteiger partial charge in [0.1, 0.15) is 5.75 Å². The molecule has 0 atom stereocenters. The van der Waals surface area contributed by atoms with Gasteiger partial charge in [0.15, 0.2) is 0 Å². The molecular weight excluding hydrogens is 245 g/mol. The van der Waals surface area contributed by atoms with Crippen molar-refractivity contribution < 1.29 is 4.74 Å². The molecule has 0 amide bonds. The average Bonchev–Trinajstić information content (AvgIpc) is 2.19. The summed E-state index contributed by atoms with van der Waals surface area (Å²) in [7, 11) is 1.92. The highest BCUT2D eigenvalue weighted by Gasteiger charge is 2.18. The van der Waals surface area contributed by atoms with E-state index in [0.717, 1.165) is 6.54 Å². The Kier molecular flexibility index (Phi) is 4.90. The lowest BCUT2D eigenvalue weighted by atomic mass is 9.95. The molecule has 1 aromatic carbocycles. The summed E-state index contributed by atoms with van der Waals surface area (Å²) in [5.74, 6) is 0.637. The van der Waals surface area contributed by atoms with Gasteiger partial charge < -0.3 is 10.1 Å². The number of benzene rings is 1. The average molecular weight is 262 g/mol. The van der Waals surface area contributed by atoms with Crippen molar-refractivity contribution in [2.24, 2.45) is 5.41 Å². The van der Waals surface area contributed by atoms with E-state index in [4.69, 9.17) is 27.9 Å². The van der Waals surface area contributed by atoms with Crippen molar-refractivity contribution in [2.45, 2.75) is 13.8 Å². The normalized spacial score (nSPS) is 11.6. The van der Waals surface area contributed by atoms with E-state index in [1.54, 1.807) is 18.2 Å². The van der Waals surface area contributed by atoms with Crippen molar-refractivity contribution in [2.75, 3.05) is 20.2 Å². The minimum Gasteiger partial charge on any atom is -0.491 e. The molecule has 90 valence electrons. The second-order valence-corrected chi connectivity index (χ2v) is 5.40. The molecule has 16 heavy (non-hydrogen) atoms. The van der Waals surface area contributed by atoms with Crippen LogP contribution in [0.4, 0.5) is 0 Å². The Morgan fingerprint density at radius 3 is 2.62 bits per heavy atom. The van der Waals surface area contributed by atoms with E-state index >= 15 is 0 Å². The van der Waals surface area contributed by atoms with Crippen molar-refractivity contribution in [3.8, 4) is 5.75 Å². The summed E-state index contributed by atoms with van der Waals surface area (Å²) in [6, 6.07) is 5.22.